The number of hydrogen-bond acceptors (Lipinski definition) is 3. The van der Waals surface area contributed by atoms with Gasteiger partial charge in [0.1, 0.15) is 0 Å². The molecule has 3 nitrogen and oxygen atoms in total. The van der Waals surface area contributed by atoms with Crippen molar-refractivity contribution < 1.29 is 0 Å². The topological polar surface area (TPSA) is 18.5 Å². The third-order valence-corrected chi connectivity index (χ3v) is 4.77. The molecule has 2 aliphatic heterocycles. The molecule has 1 aromatic rings. The van der Waals surface area contributed by atoms with Crippen molar-refractivity contribution in [2.75, 3.05) is 45.8 Å². The van der Waals surface area contributed by atoms with Gasteiger partial charge in [-0.1, -0.05) is 38.1 Å². The summed E-state index contributed by atoms with van der Waals surface area (Å²) in [5.41, 5.74) is 3.06. The van der Waals surface area contributed by atoms with Crippen LogP contribution in [0.5, 0.6) is 0 Å². The Kier molecular flexibility index (Phi) is 4.94. The van der Waals surface area contributed by atoms with E-state index in [9.17, 15) is 0 Å². The van der Waals surface area contributed by atoms with Crippen molar-refractivity contribution in [3.8, 4) is 0 Å². The summed E-state index contributed by atoms with van der Waals surface area (Å²) in [6.07, 6.45) is 0. The Hall–Kier alpha value is -0.900. The quantitative estimate of drug-likeness (QED) is 0.915. The summed E-state index contributed by atoms with van der Waals surface area (Å²) in [4.78, 5) is 5.28. The molecule has 0 aliphatic carbocycles. The van der Waals surface area contributed by atoms with Gasteiger partial charge in [-0.25, -0.2) is 0 Å². The molecule has 0 amide bonds. The number of benzene rings is 1. The molecule has 0 radical (unpaired) electrons. The second-order valence-electron chi connectivity index (χ2n) is 7.02. The Labute approximate surface area is 129 Å². The molecule has 3 rings (SSSR count). The standard InChI is InChI=1S/C18H29N3/c1-15(2)13-20-7-9-21(10-8-20)14-17-12-19-11-16-5-3-4-6-18(16)17/h3-6,15,17,19H,7-14H2,1-2H3. The van der Waals surface area contributed by atoms with Gasteiger partial charge in [-0.05, 0) is 17.0 Å². The van der Waals surface area contributed by atoms with Gasteiger partial charge in [0, 0.05) is 58.3 Å². The maximum absolute atomic E-state index is 3.58. The molecule has 1 aromatic carbocycles. The summed E-state index contributed by atoms with van der Waals surface area (Å²) in [5, 5.41) is 3.58. The van der Waals surface area contributed by atoms with E-state index in [0.717, 1.165) is 19.0 Å². The SMILES string of the molecule is CC(C)CN1CCN(CC2CNCc3ccccc32)CC1. The van der Waals surface area contributed by atoms with Crippen LogP contribution in [0.25, 0.3) is 0 Å². The molecule has 1 saturated heterocycles. The van der Waals surface area contributed by atoms with E-state index < -0.39 is 0 Å². The summed E-state index contributed by atoms with van der Waals surface area (Å²) < 4.78 is 0. The van der Waals surface area contributed by atoms with Crippen molar-refractivity contribution in [3.63, 3.8) is 0 Å². The van der Waals surface area contributed by atoms with Crippen molar-refractivity contribution in [2.45, 2.75) is 26.3 Å². The lowest BCUT2D eigenvalue weighted by Crippen LogP contribution is -2.49. The Bertz CT molecular complexity index is 450. The highest BCUT2D eigenvalue weighted by molar-refractivity contribution is 5.32. The van der Waals surface area contributed by atoms with Crippen LogP contribution in [0.1, 0.15) is 30.9 Å². The monoisotopic (exact) mass is 287 g/mol. The van der Waals surface area contributed by atoms with E-state index in [1.807, 2.05) is 0 Å². The molecule has 3 heteroatoms. The zero-order valence-corrected chi connectivity index (χ0v) is 13.5. The van der Waals surface area contributed by atoms with Crippen LogP contribution in [0.2, 0.25) is 0 Å². The first-order valence-electron chi connectivity index (χ1n) is 8.45. The van der Waals surface area contributed by atoms with Crippen LogP contribution in [0.15, 0.2) is 24.3 Å². The Morgan fingerprint density at radius 2 is 1.81 bits per heavy atom. The summed E-state index contributed by atoms with van der Waals surface area (Å²) in [6.45, 7) is 14.2. The number of fused-ring (bicyclic) bond motifs is 1. The molecule has 2 aliphatic rings. The number of nitrogens with zero attached hydrogens (tertiary/aromatic N) is 2. The van der Waals surface area contributed by atoms with Gasteiger partial charge in [0.05, 0.1) is 0 Å². The van der Waals surface area contributed by atoms with Crippen molar-refractivity contribution in [3.05, 3.63) is 35.4 Å². The maximum atomic E-state index is 3.58. The van der Waals surface area contributed by atoms with E-state index in [1.165, 1.54) is 44.8 Å². The maximum Gasteiger partial charge on any atom is 0.0208 e. The molecule has 0 bridgehead atoms. The third-order valence-electron chi connectivity index (χ3n) is 4.77. The van der Waals surface area contributed by atoms with Gasteiger partial charge in [0.2, 0.25) is 0 Å². The lowest BCUT2D eigenvalue weighted by molar-refractivity contribution is 0.116. The van der Waals surface area contributed by atoms with E-state index in [0.29, 0.717) is 5.92 Å². The Balaban J connectivity index is 1.54. The predicted molar refractivity (Wildman–Crippen MR) is 88.6 cm³/mol. The summed E-state index contributed by atoms with van der Waals surface area (Å²) >= 11 is 0. The van der Waals surface area contributed by atoms with Crippen LogP contribution >= 0.6 is 0 Å². The minimum Gasteiger partial charge on any atom is -0.312 e. The summed E-state index contributed by atoms with van der Waals surface area (Å²) in [7, 11) is 0. The Morgan fingerprint density at radius 3 is 2.57 bits per heavy atom. The lowest BCUT2D eigenvalue weighted by atomic mass is 9.90. The number of piperazine rings is 1. The molecule has 0 saturated carbocycles. The van der Waals surface area contributed by atoms with Crippen LogP contribution in [0.3, 0.4) is 0 Å². The first-order chi connectivity index (χ1) is 10.2. The number of rotatable bonds is 4. The average molecular weight is 287 g/mol. The molecule has 21 heavy (non-hydrogen) atoms. The van der Waals surface area contributed by atoms with Gasteiger partial charge in [-0.3, -0.25) is 0 Å². The fourth-order valence-corrected chi connectivity index (χ4v) is 3.73. The van der Waals surface area contributed by atoms with E-state index in [1.54, 1.807) is 5.56 Å². The molecular weight excluding hydrogens is 258 g/mol. The molecule has 1 N–H and O–H groups in total. The van der Waals surface area contributed by atoms with Gasteiger partial charge in [0.25, 0.3) is 0 Å². The lowest BCUT2D eigenvalue weighted by Gasteiger charge is -2.38. The van der Waals surface area contributed by atoms with Crippen LogP contribution in [0.4, 0.5) is 0 Å². The highest BCUT2D eigenvalue weighted by Crippen LogP contribution is 2.25. The highest BCUT2D eigenvalue weighted by atomic mass is 15.3. The van der Waals surface area contributed by atoms with Crippen LogP contribution < -0.4 is 5.32 Å². The smallest absolute Gasteiger partial charge is 0.0208 e. The number of nitrogens with one attached hydrogen (secondary N) is 1. The van der Waals surface area contributed by atoms with E-state index in [2.05, 4.69) is 53.2 Å². The molecule has 1 fully saturated rings. The zero-order valence-electron chi connectivity index (χ0n) is 13.5. The fraction of sp³-hybridized carbons (Fsp3) is 0.667. The molecule has 116 valence electrons. The predicted octanol–water partition coefficient (Wildman–Crippen LogP) is 2.15. The van der Waals surface area contributed by atoms with E-state index in [-0.39, 0.29) is 0 Å². The van der Waals surface area contributed by atoms with Gasteiger partial charge >= 0.3 is 0 Å². The van der Waals surface area contributed by atoms with Gasteiger partial charge < -0.3 is 15.1 Å². The van der Waals surface area contributed by atoms with E-state index >= 15 is 0 Å². The normalized spacial score (nSPS) is 24.2. The largest absolute Gasteiger partial charge is 0.312 e. The average Bonchev–Trinajstić information content (AvgIpc) is 2.49. The molecule has 1 atom stereocenters. The minimum atomic E-state index is 0.659. The molecular formula is C18H29N3. The molecule has 0 spiro atoms. The molecule has 0 aromatic heterocycles. The molecule has 2 heterocycles. The second kappa shape index (κ2) is 6.91. The van der Waals surface area contributed by atoms with Crippen molar-refractivity contribution in [2.24, 2.45) is 5.92 Å². The summed E-state index contributed by atoms with van der Waals surface area (Å²) in [6, 6.07) is 8.95. The van der Waals surface area contributed by atoms with Crippen molar-refractivity contribution >= 4 is 0 Å². The van der Waals surface area contributed by atoms with Gasteiger partial charge in [0.15, 0.2) is 0 Å². The van der Waals surface area contributed by atoms with Crippen LogP contribution in [-0.2, 0) is 6.54 Å². The fourth-order valence-electron chi connectivity index (χ4n) is 3.73. The summed E-state index contributed by atoms with van der Waals surface area (Å²) in [5.74, 6) is 1.44. The number of hydrogen-bond donors (Lipinski definition) is 1. The van der Waals surface area contributed by atoms with Crippen molar-refractivity contribution in [1.29, 1.82) is 0 Å². The highest BCUT2D eigenvalue weighted by Gasteiger charge is 2.24. The van der Waals surface area contributed by atoms with Crippen molar-refractivity contribution in [1.82, 2.24) is 15.1 Å². The zero-order chi connectivity index (χ0) is 14.7. The minimum absolute atomic E-state index is 0.659. The molecule has 1 unspecified atom stereocenters. The Morgan fingerprint density at radius 1 is 1.10 bits per heavy atom. The third kappa shape index (κ3) is 3.85. The van der Waals surface area contributed by atoms with Gasteiger partial charge in [-0.15, -0.1) is 0 Å². The van der Waals surface area contributed by atoms with Crippen LogP contribution in [0, 0.1) is 5.92 Å². The van der Waals surface area contributed by atoms with Crippen LogP contribution in [-0.4, -0.2) is 55.6 Å². The van der Waals surface area contributed by atoms with E-state index in [4.69, 9.17) is 0 Å². The first-order valence-corrected chi connectivity index (χ1v) is 8.45. The van der Waals surface area contributed by atoms with Gasteiger partial charge in [-0.2, -0.15) is 0 Å². The second-order valence-corrected chi connectivity index (χ2v) is 7.02. The first kappa shape index (κ1) is 15.0.